The van der Waals surface area contributed by atoms with Crippen molar-refractivity contribution in [3.8, 4) is 0 Å². The summed E-state index contributed by atoms with van der Waals surface area (Å²) in [6.45, 7) is 4.28. The maximum Gasteiger partial charge on any atom is 0.345 e. The zero-order valence-corrected chi connectivity index (χ0v) is 11.9. The lowest BCUT2D eigenvalue weighted by Gasteiger charge is -2.39. The lowest BCUT2D eigenvalue weighted by Crippen LogP contribution is -2.48. The highest BCUT2D eigenvalue weighted by Crippen LogP contribution is 2.51. The third-order valence-electron chi connectivity index (χ3n) is 3.01. The summed E-state index contributed by atoms with van der Waals surface area (Å²) in [7, 11) is 2.07. The molecule has 6 nitrogen and oxygen atoms in total. The molecular weight excluding hydrogens is 241 g/mol. The van der Waals surface area contributed by atoms with Crippen LogP contribution in [-0.4, -0.2) is 67.5 Å². The Morgan fingerprint density at radius 2 is 1.82 bits per heavy atom. The number of rotatable bonds is 4. The van der Waals surface area contributed by atoms with Gasteiger partial charge in [0.25, 0.3) is 0 Å². The summed E-state index contributed by atoms with van der Waals surface area (Å²) in [5.41, 5.74) is 0. The monoisotopic (exact) mass is 263 g/mol. The van der Waals surface area contributed by atoms with E-state index in [4.69, 9.17) is 4.52 Å². The van der Waals surface area contributed by atoms with Gasteiger partial charge in [-0.1, -0.05) is 6.92 Å². The SMILES string of the molecule is CCC(=O)N1CCN(P(=O)(OC)N(C)C)CC1. The first-order chi connectivity index (χ1) is 7.95. The minimum Gasteiger partial charge on any atom is -0.340 e. The van der Waals surface area contributed by atoms with E-state index in [2.05, 4.69) is 0 Å². The van der Waals surface area contributed by atoms with E-state index < -0.39 is 7.67 Å². The molecule has 0 spiro atoms. The van der Waals surface area contributed by atoms with E-state index in [1.165, 1.54) is 7.11 Å². The molecule has 1 atom stereocenters. The van der Waals surface area contributed by atoms with Crippen molar-refractivity contribution >= 4 is 13.6 Å². The van der Waals surface area contributed by atoms with E-state index in [0.717, 1.165) is 0 Å². The Kier molecular flexibility index (Phi) is 5.13. The number of amides is 1. The minimum atomic E-state index is -2.88. The van der Waals surface area contributed by atoms with Crippen molar-refractivity contribution in [1.82, 2.24) is 14.2 Å². The van der Waals surface area contributed by atoms with Gasteiger partial charge in [-0.25, -0.2) is 9.34 Å². The molecular formula is C10H22N3O3P. The van der Waals surface area contributed by atoms with E-state index in [9.17, 15) is 9.36 Å². The van der Waals surface area contributed by atoms with Crippen LogP contribution in [-0.2, 0) is 13.9 Å². The van der Waals surface area contributed by atoms with Gasteiger partial charge in [-0.2, -0.15) is 0 Å². The predicted molar refractivity (Wildman–Crippen MR) is 66.7 cm³/mol. The van der Waals surface area contributed by atoms with Gasteiger partial charge in [-0.3, -0.25) is 9.36 Å². The molecule has 0 aromatic rings. The molecule has 0 aromatic heterocycles. The van der Waals surface area contributed by atoms with Crippen molar-refractivity contribution in [2.24, 2.45) is 0 Å². The van der Waals surface area contributed by atoms with Crippen LogP contribution in [0.25, 0.3) is 0 Å². The maximum absolute atomic E-state index is 12.5. The van der Waals surface area contributed by atoms with Crippen LogP contribution in [0.1, 0.15) is 13.3 Å². The molecule has 1 fully saturated rings. The van der Waals surface area contributed by atoms with Crippen LogP contribution in [0, 0.1) is 0 Å². The quantitative estimate of drug-likeness (QED) is 0.704. The zero-order chi connectivity index (χ0) is 13.1. The fourth-order valence-electron chi connectivity index (χ4n) is 1.95. The van der Waals surface area contributed by atoms with Gasteiger partial charge in [0.1, 0.15) is 0 Å². The molecule has 1 aliphatic rings. The van der Waals surface area contributed by atoms with Gasteiger partial charge in [0.05, 0.1) is 0 Å². The molecule has 1 unspecified atom stereocenters. The standard InChI is InChI=1S/C10H22N3O3P/c1-5-10(14)12-6-8-13(9-7-12)17(15,16-4)11(2)3/h5-9H2,1-4H3. The minimum absolute atomic E-state index is 0.154. The molecule has 1 aliphatic heterocycles. The Morgan fingerprint density at radius 1 is 1.29 bits per heavy atom. The smallest absolute Gasteiger partial charge is 0.340 e. The fourth-order valence-corrected chi connectivity index (χ4v) is 3.70. The molecule has 1 rings (SSSR count). The normalized spacial score (nSPS) is 21.6. The first kappa shape index (κ1) is 14.6. The van der Waals surface area contributed by atoms with Crippen LogP contribution in [0.4, 0.5) is 0 Å². The van der Waals surface area contributed by atoms with Crippen LogP contribution in [0.3, 0.4) is 0 Å². The summed E-state index contributed by atoms with van der Waals surface area (Å²) in [6, 6.07) is 0. The Morgan fingerprint density at radius 3 is 2.18 bits per heavy atom. The summed E-state index contributed by atoms with van der Waals surface area (Å²) in [5.74, 6) is 0.154. The number of nitrogens with zero attached hydrogens (tertiary/aromatic N) is 3. The van der Waals surface area contributed by atoms with Crippen LogP contribution in [0.15, 0.2) is 0 Å². The Balaban J connectivity index is 2.63. The fraction of sp³-hybridized carbons (Fsp3) is 0.900. The summed E-state index contributed by atoms with van der Waals surface area (Å²) >= 11 is 0. The lowest BCUT2D eigenvalue weighted by atomic mass is 10.3. The van der Waals surface area contributed by atoms with Crippen molar-refractivity contribution in [3.63, 3.8) is 0 Å². The topological polar surface area (TPSA) is 53.1 Å². The summed E-state index contributed by atoms with van der Waals surface area (Å²) < 4.78 is 21.1. The summed E-state index contributed by atoms with van der Waals surface area (Å²) in [6.07, 6.45) is 0.523. The van der Waals surface area contributed by atoms with Crippen LogP contribution >= 0.6 is 7.67 Å². The van der Waals surface area contributed by atoms with Crippen molar-refractivity contribution in [1.29, 1.82) is 0 Å². The molecule has 1 heterocycles. The third-order valence-corrected chi connectivity index (χ3v) is 5.61. The second-order valence-electron chi connectivity index (χ2n) is 4.21. The molecule has 0 aromatic carbocycles. The van der Waals surface area contributed by atoms with Gasteiger partial charge < -0.3 is 9.42 Å². The first-order valence-corrected chi connectivity index (χ1v) is 7.35. The molecule has 0 N–H and O–H groups in total. The van der Waals surface area contributed by atoms with E-state index in [1.807, 2.05) is 16.5 Å². The van der Waals surface area contributed by atoms with Gasteiger partial charge in [0.2, 0.25) is 5.91 Å². The lowest BCUT2D eigenvalue weighted by molar-refractivity contribution is -0.132. The van der Waals surface area contributed by atoms with Crippen molar-refractivity contribution < 1.29 is 13.9 Å². The second kappa shape index (κ2) is 5.96. The molecule has 0 aliphatic carbocycles. The maximum atomic E-state index is 12.5. The number of carbonyl (C=O) groups excluding carboxylic acids is 1. The average Bonchev–Trinajstić information content (AvgIpc) is 2.36. The largest absolute Gasteiger partial charge is 0.345 e. The third kappa shape index (κ3) is 3.07. The van der Waals surface area contributed by atoms with Gasteiger partial charge in [0, 0.05) is 39.7 Å². The zero-order valence-electron chi connectivity index (χ0n) is 11.0. The van der Waals surface area contributed by atoms with Gasteiger partial charge >= 0.3 is 7.67 Å². The van der Waals surface area contributed by atoms with E-state index >= 15 is 0 Å². The highest BCUT2D eigenvalue weighted by atomic mass is 31.2. The van der Waals surface area contributed by atoms with Crippen molar-refractivity contribution in [3.05, 3.63) is 0 Å². The average molecular weight is 263 g/mol. The number of hydrogen-bond donors (Lipinski definition) is 0. The molecule has 0 bridgehead atoms. The van der Waals surface area contributed by atoms with Gasteiger partial charge in [0.15, 0.2) is 0 Å². The van der Waals surface area contributed by atoms with E-state index in [0.29, 0.717) is 32.6 Å². The Bertz CT molecular complexity index is 314. The molecule has 0 radical (unpaired) electrons. The number of carbonyl (C=O) groups is 1. The molecule has 7 heteroatoms. The molecule has 1 amide bonds. The first-order valence-electron chi connectivity index (χ1n) is 5.82. The van der Waals surface area contributed by atoms with Crippen LogP contribution < -0.4 is 0 Å². The second-order valence-corrected chi connectivity index (χ2v) is 6.92. The Labute approximate surface area is 103 Å². The van der Waals surface area contributed by atoms with E-state index in [1.54, 1.807) is 18.8 Å². The van der Waals surface area contributed by atoms with Crippen molar-refractivity contribution in [2.75, 3.05) is 47.4 Å². The van der Waals surface area contributed by atoms with Gasteiger partial charge in [-0.15, -0.1) is 0 Å². The summed E-state index contributed by atoms with van der Waals surface area (Å²) in [5, 5.41) is 0. The molecule has 17 heavy (non-hydrogen) atoms. The van der Waals surface area contributed by atoms with Crippen LogP contribution in [0.2, 0.25) is 0 Å². The Hall–Kier alpha value is -0.420. The predicted octanol–water partition coefficient (Wildman–Crippen LogP) is 0.857. The van der Waals surface area contributed by atoms with Gasteiger partial charge in [-0.05, 0) is 14.1 Å². The molecule has 100 valence electrons. The van der Waals surface area contributed by atoms with Crippen molar-refractivity contribution in [2.45, 2.75) is 13.3 Å². The highest BCUT2D eigenvalue weighted by molar-refractivity contribution is 7.53. The summed E-state index contributed by atoms with van der Waals surface area (Å²) in [4.78, 5) is 13.3. The highest BCUT2D eigenvalue weighted by Gasteiger charge is 2.36. The van der Waals surface area contributed by atoms with Crippen LogP contribution in [0.5, 0.6) is 0 Å². The molecule has 1 saturated heterocycles. The number of hydrogen-bond acceptors (Lipinski definition) is 3. The number of piperazine rings is 1. The molecule has 0 saturated carbocycles. The van der Waals surface area contributed by atoms with E-state index in [-0.39, 0.29) is 5.91 Å².